The van der Waals surface area contributed by atoms with Gasteiger partial charge in [0.25, 0.3) is 0 Å². The fourth-order valence-electron chi connectivity index (χ4n) is 2.34. The number of hydrogen-bond donors (Lipinski definition) is 1. The molecule has 4 nitrogen and oxygen atoms in total. The molecular formula is C13H20N2O2. The van der Waals surface area contributed by atoms with Crippen molar-refractivity contribution in [3.05, 3.63) is 29.7 Å². The van der Waals surface area contributed by atoms with E-state index in [-0.39, 0.29) is 6.61 Å². The van der Waals surface area contributed by atoms with E-state index in [1.807, 2.05) is 6.08 Å². The predicted octanol–water partition coefficient (Wildman–Crippen LogP) is 1.53. The molecule has 1 aliphatic carbocycles. The van der Waals surface area contributed by atoms with Gasteiger partial charge >= 0.3 is 0 Å². The first-order chi connectivity index (χ1) is 8.35. The minimum atomic E-state index is 0.161. The van der Waals surface area contributed by atoms with Crippen LogP contribution in [0.2, 0.25) is 0 Å². The molecule has 1 N–H and O–H groups in total. The van der Waals surface area contributed by atoms with E-state index < -0.39 is 0 Å². The van der Waals surface area contributed by atoms with E-state index in [2.05, 4.69) is 16.6 Å². The molecule has 0 fully saturated rings. The fourth-order valence-corrected chi connectivity index (χ4v) is 2.34. The summed E-state index contributed by atoms with van der Waals surface area (Å²) in [6.07, 6.45) is 6.37. The lowest BCUT2D eigenvalue weighted by molar-refractivity contribution is 0.200. The number of aliphatic hydroxyl groups excluding tert-OH is 1. The largest absolute Gasteiger partial charge is 0.395 e. The van der Waals surface area contributed by atoms with Gasteiger partial charge in [0.2, 0.25) is 0 Å². The topological polar surface area (TPSA) is 49.5 Å². The summed E-state index contributed by atoms with van der Waals surface area (Å²) in [5.41, 5.74) is 2.33. The van der Waals surface area contributed by atoms with Crippen LogP contribution in [-0.2, 0) is 19.4 Å². The van der Waals surface area contributed by atoms with Crippen LogP contribution in [0.4, 0.5) is 0 Å². The Balaban J connectivity index is 2.05. The second-order valence-electron chi connectivity index (χ2n) is 4.49. The summed E-state index contributed by atoms with van der Waals surface area (Å²) >= 11 is 0. The summed E-state index contributed by atoms with van der Waals surface area (Å²) in [5.74, 6) is 1.06. The quantitative estimate of drug-likeness (QED) is 0.761. The first-order valence-corrected chi connectivity index (χ1v) is 6.25. The van der Waals surface area contributed by atoms with Crippen molar-refractivity contribution in [1.82, 2.24) is 10.1 Å². The molecule has 0 unspecified atom stereocenters. The standard InChI is InChI=1S/C13H20N2O2/c1-2-7-15(8-9-16)10-12-11-5-3-4-6-13(11)17-14-12/h2,16H,1,3-10H2. The van der Waals surface area contributed by atoms with Crippen molar-refractivity contribution in [3.8, 4) is 0 Å². The molecule has 4 heteroatoms. The molecule has 0 radical (unpaired) electrons. The Labute approximate surface area is 102 Å². The van der Waals surface area contributed by atoms with Crippen molar-refractivity contribution in [2.24, 2.45) is 0 Å². The van der Waals surface area contributed by atoms with Crippen LogP contribution in [0.1, 0.15) is 29.9 Å². The van der Waals surface area contributed by atoms with Crippen LogP contribution in [0.3, 0.4) is 0 Å². The van der Waals surface area contributed by atoms with Gasteiger partial charge in [0.05, 0.1) is 6.61 Å². The van der Waals surface area contributed by atoms with E-state index in [0.29, 0.717) is 6.54 Å². The molecule has 2 rings (SSSR count). The van der Waals surface area contributed by atoms with Gasteiger partial charge in [0.1, 0.15) is 11.5 Å². The first kappa shape index (κ1) is 12.3. The molecular weight excluding hydrogens is 216 g/mol. The molecule has 0 aromatic carbocycles. The summed E-state index contributed by atoms with van der Waals surface area (Å²) in [5, 5.41) is 13.2. The zero-order valence-electron chi connectivity index (χ0n) is 10.2. The summed E-state index contributed by atoms with van der Waals surface area (Å²) in [4.78, 5) is 2.12. The molecule has 1 aromatic heterocycles. The maximum Gasteiger partial charge on any atom is 0.140 e. The fraction of sp³-hybridized carbons (Fsp3) is 0.615. The number of aromatic nitrogens is 1. The molecule has 0 spiro atoms. The van der Waals surface area contributed by atoms with E-state index in [4.69, 9.17) is 9.63 Å². The van der Waals surface area contributed by atoms with Gasteiger partial charge < -0.3 is 9.63 Å². The second-order valence-corrected chi connectivity index (χ2v) is 4.49. The van der Waals surface area contributed by atoms with Gasteiger partial charge in [-0.2, -0.15) is 0 Å². The summed E-state index contributed by atoms with van der Waals surface area (Å²) in [6, 6.07) is 0. The van der Waals surface area contributed by atoms with E-state index >= 15 is 0 Å². The highest BCUT2D eigenvalue weighted by Gasteiger charge is 2.20. The SMILES string of the molecule is C=CCN(CCO)Cc1noc2c1CCCC2. The Morgan fingerprint density at radius 2 is 2.24 bits per heavy atom. The van der Waals surface area contributed by atoms with Gasteiger partial charge in [-0.25, -0.2) is 0 Å². The Morgan fingerprint density at radius 3 is 3.00 bits per heavy atom. The number of rotatable bonds is 6. The van der Waals surface area contributed by atoms with Crippen molar-refractivity contribution in [3.63, 3.8) is 0 Å². The molecule has 0 atom stereocenters. The third-order valence-electron chi connectivity index (χ3n) is 3.21. The molecule has 1 heterocycles. The summed E-state index contributed by atoms with van der Waals surface area (Å²) in [7, 11) is 0. The van der Waals surface area contributed by atoms with Crippen LogP contribution < -0.4 is 0 Å². The zero-order chi connectivity index (χ0) is 12.1. The molecule has 0 amide bonds. The highest BCUT2D eigenvalue weighted by Crippen LogP contribution is 2.24. The lowest BCUT2D eigenvalue weighted by atomic mass is 9.96. The Hall–Kier alpha value is -1.13. The van der Waals surface area contributed by atoms with Crippen molar-refractivity contribution in [2.45, 2.75) is 32.2 Å². The molecule has 0 saturated heterocycles. The Morgan fingerprint density at radius 1 is 1.41 bits per heavy atom. The number of aryl methyl sites for hydroxylation is 1. The third-order valence-corrected chi connectivity index (χ3v) is 3.21. The van der Waals surface area contributed by atoms with E-state index in [9.17, 15) is 0 Å². The Bertz CT molecular complexity index is 373. The summed E-state index contributed by atoms with van der Waals surface area (Å²) < 4.78 is 5.38. The van der Waals surface area contributed by atoms with E-state index in [1.54, 1.807) is 0 Å². The number of aliphatic hydroxyl groups is 1. The highest BCUT2D eigenvalue weighted by molar-refractivity contribution is 5.25. The van der Waals surface area contributed by atoms with Gasteiger partial charge in [-0.1, -0.05) is 11.2 Å². The van der Waals surface area contributed by atoms with Gasteiger partial charge in [-0.15, -0.1) is 6.58 Å². The van der Waals surface area contributed by atoms with Crippen molar-refractivity contribution in [1.29, 1.82) is 0 Å². The average molecular weight is 236 g/mol. The van der Waals surface area contributed by atoms with E-state index in [0.717, 1.165) is 37.4 Å². The molecule has 0 aliphatic heterocycles. The van der Waals surface area contributed by atoms with Crippen LogP contribution >= 0.6 is 0 Å². The van der Waals surface area contributed by atoms with E-state index in [1.165, 1.54) is 18.4 Å². The minimum absolute atomic E-state index is 0.161. The minimum Gasteiger partial charge on any atom is -0.395 e. The van der Waals surface area contributed by atoms with Gasteiger partial charge in [-0.3, -0.25) is 4.90 Å². The van der Waals surface area contributed by atoms with Crippen LogP contribution in [-0.4, -0.2) is 34.9 Å². The number of hydrogen-bond acceptors (Lipinski definition) is 4. The van der Waals surface area contributed by atoms with Gasteiger partial charge in [-0.05, 0) is 19.3 Å². The average Bonchev–Trinajstić information content (AvgIpc) is 2.74. The lowest BCUT2D eigenvalue weighted by Crippen LogP contribution is -2.27. The second kappa shape index (κ2) is 5.98. The molecule has 0 saturated carbocycles. The third kappa shape index (κ3) is 2.96. The van der Waals surface area contributed by atoms with Crippen LogP contribution in [0.5, 0.6) is 0 Å². The molecule has 1 aromatic rings. The first-order valence-electron chi connectivity index (χ1n) is 6.25. The maximum atomic E-state index is 9.01. The predicted molar refractivity (Wildman–Crippen MR) is 65.7 cm³/mol. The summed E-state index contributed by atoms with van der Waals surface area (Å²) in [6.45, 7) is 6.05. The van der Waals surface area contributed by atoms with Crippen molar-refractivity contribution in [2.75, 3.05) is 19.7 Å². The maximum absolute atomic E-state index is 9.01. The smallest absolute Gasteiger partial charge is 0.140 e. The zero-order valence-corrected chi connectivity index (χ0v) is 10.2. The van der Waals surface area contributed by atoms with Crippen molar-refractivity contribution < 1.29 is 9.63 Å². The van der Waals surface area contributed by atoms with Crippen molar-refractivity contribution >= 4 is 0 Å². The number of nitrogens with zero attached hydrogens (tertiary/aromatic N) is 2. The van der Waals surface area contributed by atoms with Crippen LogP contribution in [0.15, 0.2) is 17.2 Å². The normalized spacial score (nSPS) is 14.9. The lowest BCUT2D eigenvalue weighted by Gasteiger charge is -2.19. The Kier molecular flexibility index (Phi) is 4.34. The molecule has 17 heavy (non-hydrogen) atoms. The molecule has 0 bridgehead atoms. The van der Waals surface area contributed by atoms with Gasteiger partial charge in [0, 0.05) is 31.6 Å². The van der Waals surface area contributed by atoms with Crippen LogP contribution in [0, 0.1) is 0 Å². The molecule has 94 valence electrons. The van der Waals surface area contributed by atoms with Crippen LogP contribution in [0.25, 0.3) is 0 Å². The number of fused-ring (bicyclic) bond motifs is 1. The monoisotopic (exact) mass is 236 g/mol. The van der Waals surface area contributed by atoms with Gasteiger partial charge in [0.15, 0.2) is 0 Å². The molecule has 1 aliphatic rings. The highest BCUT2D eigenvalue weighted by atomic mass is 16.5.